The van der Waals surface area contributed by atoms with Crippen molar-refractivity contribution in [3.8, 4) is 5.75 Å². The summed E-state index contributed by atoms with van der Waals surface area (Å²) in [5.74, 6) is 2.25. The largest absolute Gasteiger partial charge is 0.490 e. The van der Waals surface area contributed by atoms with Gasteiger partial charge in [0, 0.05) is 13.1 Å². The Labute approximate surface area is 113 Å². The average Bonchev–Trinajstić information content (AvgIpc) is 2.63. The maximum atomic E-state index is 6.04. The topological polar surface area (TPSA) is 38.2 Å². The summed E-state index contributed by atoms with van der Waals surface area (Å²) in [7, 11) is 1.61. The number of ether oxygens (including phenoxy) is 1. The predicted octanol–water partition coefficient (Wildman–Crippen LogP) is 3.16. The van der Waals surface area contributed by atoms with E-state index < -0.39 is 0 Å². The van der Waals surface area contributed by atoms with E-state index in [0.717, 1.165) is 24.8 Å². The SMILES string of the molecule is CCC1CCCN(c2ncnc(Cl)c2OC)CC1. The van der Waals surface area contributed by atoms with E-state index in [1.165, 1.54) is 32.0 Å². The molecule has 1 fully saturated rings. The van der Waals surface area contributed by atoms with Crippen molar-refractivity contribution < 1.29 is 4.74 Å². The lowest BCUT2D eigenvalue weighted by Gasteiger charge is -2.23. The van der Waals surface area contributed by atoms with Gasteiger partial charge in [-0.25, -0.2) is 9.97 Å². The fourth-order valence-corrected chi connectivity index (χ4v) is 2.74. The van der Waals surface area contributed by atoms with Crippen molar-refractivity contribution in [2.75, 3.05) is 25.1 Å². The Morgan fingerprint density at radius 1 is 1.39 bits per heavy atom. The van der Waals surface area contributed by atoms with Crippen LogP contribution < -0.4 is 9.64 Å². The zero-order valence-corrected chi connectivity index (χ0v) is 11.8. The zero-order chi connectivity index (χ0) is 13.0. The third kappa shape index (κ3) is 2.86. The van der Waals surface area contributed by atoms with E-state index in [0.29, 0.717) is 10.9 Å². The van der Waals surface area contributed by atoms with Gasteiger partial charge in [-0.05, 0) is 25.2 Å². The smallest absolute Gasteiger partial charge is 0.199 e. The van der Waals surface area contributed by atoms with Crippen molar-refractivity contribution in [2.24, 2.45) is 5.92 Å². The highest BCUT2D eigenvalue weighted by molar-refractivity contribution is 6.31. The highest BCUT2D eigenvalue weighted by Gasteiger charge is 2.21. The van der Waals surface area contributed by atoms with Crippen LogP contribution in [0.4, 0.5) is 5.82 Å². The molecular weight excluding hydrogens is 250 g/mol. The van der Waals surface area contributed by atoms with E-state index in [1.54, 1.807) is 7.11 Å². The summed E-state index contributed by atoms with van der Waals surface area (Å²) in [5, 5.41) is 0.388. The average molecular weight is 270 g/mol. The molecule has 0 aromatic carbocycles. The van der Waals surface area contributed by atoms with Gasteiger partial charge in [-0.2, -0.15) is 0 Å². The Morgan fingerprint density at radius 3 is 2.94 bits per heavy atom. The highest BCUT2D eigenvalue weighted by Crippen LogP contribution is 2.33. The third-order valence-electron chi connectivity index (χ3n) is 3.67. The summed E-state index contributed by atoms with van der Waals surface area (Å²) in [6.07, 6.45) is 6.47. The number of hydrogen-bond donors (Lipinski definition) is 0. The Balaban J connectivity index is 2.18. The number of methoxy groups -OCH3 is 1. The van der Waals surface area contributed by atoms with E-state index >= 15 is 0 Å². The first-order chi connectivity index (χ1) is 8.76. The minimum absolute atomic E-state index is 0.388. The quantitative estimate of drug-likeness (QED) is 0.790. The first kappa shape index (κ1) is 13.4. The van der Waals surface area contributed by atoms with Crippen LogP contribution in [-0.2, 0) is 0 Å². The van der Waals surface area contributed by atoms with Crippen LogP contribution in [0.15, 0.2) is 6.33 Å². The van der Waals surface area contributed by atoms with E-state index in [4.69, 9.17) is 16.3 Å². The van der Waals surface area contributed by atoms with Gasteiger partial charge in [0.05, 0.1) is 7.11 Å². The van der Waals surface area contributed by atoms with Gasteiger partial charge < -0.3 is 9.64 Å². The van der Waals surface area contributed by atoms with Crippen molar-refractivity contribution in [3.63, 3.8) is 0 Å². The van der Waals surface area contributed by atoms with Crippen molar-refractivity contribution in [2.45, 2.75) is 32.6 Å². The standard InChI is InChI=1S/C13H20ClN3O/c1-3-10-5-4-7-17(8-6-10)13-11(18-2)12(14)15-9-16-13/h9-10H,3-8H2,1-2H3. The number of aromatic nitrogens is 2. The van der Waals surface area contributed by atoms with E-state index in [-0.39, 0.29) is 0 Å². The molecule has 1 aliphatic heterocycles. The fourth-order valence-electron chi connectivity index (χ4n) is 2.53. The van der Waals surface area contributed by atoms with Gasteiger partial charge in [0.15, 0.2) is 16.7 Å². The van der Waals surface area contributed by atoms with Crippen molar-refractivity contribution >= 4 is 17.4 Å². The first-order valence-electron chi connectivity index (χ1n) is 6.55. The lowest BCUT2D eigenvalue weighted by atomic mass is 9.98. The lowest BCUT2D eigenvalue weighted by molar-refractivity contribution is 0.410. The van der Waals surface area contributed by atoms with Crippen molar-refractivity contribution in [3.05, 3.63) is 11.5 Å². The lowest BCUT2D eigenvalue weighted by Crippen LogP contribution is -2.26. The normalized spacial score (nSPS) is 20.6. The molecule has 1 atom stereocenters. The number of nitrogens with zero attached hydrogens (tertiary/aromatic N) is 3. The number of halogens is 1. The molecule has 4 nitrogen and oxygen atoms in total. The van der Waals surface area contributed by atoms with Gasteiger partial charge in [0.1, 0.15) is 6.33 Å². The molecule has 0 bridgehead atoms. The van der Waals surface area contributed by atoms with E-state index in [9.17, 15) is 0 Å². The van der Waals surface area contributed by atoms with E-state index in [1.807, 2.05) is 0 Å². The third-order valence-corrected chi connectivity index (χ3v) is 3.94. The maximum absolute atomic E-state index is 6.04. The van der Waals surface area contributed by atoms with Crippen LogP contribution in [0.1, 0.15) is 32.6 Å². The summed E-state index contributed by atoms with van der Waals surface area (Å²) in [4.78, 5) is 10.6. The molecule has 1 saturated heterocycles. The molecule has 1 aromatic rings. The second-order valence-corrected chi connectivity index (χ2v) is 5.07. The molecule has 0 aliphatic carbocycles. The summed E-state index contributed by atoms with van der Waals surface area (Å²) in [6, 6.07) is 0. The molecule has 0 spiro atoms. The van der Waals surface area contributed by atoms with Crippen LogP contribution in [0.25, 0.3) is 0 Å². The Kier molecular flexibility index (Phi) is 4.64. The molecule has 1 aliphatic rings. The van der Waals surface area contributed by atoms with E-state index in [2.05, 4.69) is 21.8 Å². The van der Waals surface area contributed by atoms with Gasteiger partial charge in [0.25, 0.3) is 0 Å². The number of anilines is 1. The Bertz CT molecular complexity index is 400. The number of hydrogen-bond acceptors (Lipinski definition) is 4. The summed E-state index contributed by atoms with van der Waals surface area (Å²) in [5.41, 5.74) is 0. The highest BCUT2D eigenvalue weighted by atomic mass is 35.5. The minimum atomic E-state index is 0.388. The molecule has 0 saturated carbocycles. The Hall–Kier alpha value is -1.03. The molecule has 2 heterocycles. The molecular formula is C13H20ClN3O. The van der Waals surface area contributed by atoms with Gasteiger partial charge >= 0.3 is 0 Å². The van der Waals surface area contributed by atoms with Gasteiger partial charge in [-0.1, -0.05) is 24.9 Å². The second-order valence-electron chi connectivity index (χ2n) is 4.71. The van der Waals surface area contributed by atoms with Crippen LogP contribution in [-0.4, -0.2) is 30.2 Å². The molecule has 18 heavy (non-hydrogen) atoms. The summed E-state index contributed by atoms with van der Waals surface area (Å²) in [6.45, 7) is 4.30. The number of rotatable bonds is 3. The zero-order valence-electron chi connectivity index (χ0n) is 11.0. The molecule has 0 radical (unpaired) electrons. The maximum Gasteiger partial charge on any atom is 0.199 e. The van der Waals surface area contributed by atoms with Crippen molar-refractivity contribution in [1.82, 2.24) is 9.97 Å². The Morgan fingerprint density at radius 2 is 2.22 bits per heavy atom. The molecule has 2 rings (SSSR count). The molecule has 1 unspecified atom stereocenters. The first-order valence-corrected chi connectivity index (χ1v) is 6.93. The van der Waals surface area contributed by atoms with Crippen LogP contribution in [0.3, 0.4) is 0 Å². The molecule has 1 aromatic heterocycles. The second kappa shape index (κ2) is 6.23. The van der Waals surface area contributed by atoms with Gasteiger partial charge in [0.2, 0.25) is 0 Å². The minimum Gasteiger partial charge on any atom is -0.490 e. The molecule has 100 valence electrons. The van der Waals surface area contributed by atoms with Crippen LogP contribution in [0.5, 0.6) is 5.75 Å². The van der Waals surface area contributed by atoms with Crippen LogP contribution >= 0.6 is 11.6 Å². The summed E-state index contributed by atoms with van der Waals surface area (Å²) >= 11 is 6.04. The van der Waals surface area contributed by atoms with Crippen LogP contribution in [0, 0.1) is 5.92 Å². The fraction of sp³-hybridized carbons (Fsp3) is 0.692. The van der Waals surface area contributed by atoms with Gasteiger partial charge in [-0.3, -0.25) is 0 Å². The van der Waals surface area contributed by atoms with Crippen molar-refractivity contribution in [1.29, 1.82) is 0 Å². The monoisotopic (exact) mass is 269 g/mol. The predicted molar refractivity (Wildman–Crippen MR) is 73.4 cm³/mol. The van der Waals surface area contributed by atoms with Crippen LogP contribution in [0.2, 0.25) is 5.15 Å². The van der Waals surface area contributed by atoms with Gasteiger partial charge in [-0.15, -0.1) is 0 Å². The molecule has 0 N–H and O–H groups in total. The summed E-state index contributed by atoms with van der Waals surface area (Å²) < 4.78 is 5.32. The molecule has 5 heteroatoms. The molecule has 0 amide bonds.